The van der Waals surface area contributed by atoms with Gasteiger partial charge in [-0.15, -0.1) is 0 Å². The second-order valence-corrected chi connectivity index (χ2v) is 5.27. The highest BCUT2D eigenvalue weighted by Gasteiger charge is 2.11. The van der Waals surface area contributed by atoms with Crippen molar-refractivity contribution in [3.8, 4) is 0 Å². The average Bonchev–Trinajstić information content (AvgIpc) is 2.92. The molecule has 0 bridgehead atoms. The lowest BCUT2D eigenvalue weighted by Gasteiger charge is -2.06. The van der Waals surface area contributed by atoms with Gasteiger partial charge in [0.05, 0.1) is 0 Å². The summed E-state index contributed by atoms with van der Waals surface area (Å²) in [5.41, 5.74) is 1.59. The smallest absolute Gasteiger partial charge is 0.328 e. The molecule has 1 aromatic heterocycles. The molecule has 21 heavy (non-hydrogen) atoms. The van der Waals surface area contributed by atoms with Crippen LogP contribution in [0.15, 0.2) is 36.5 Å². The summed E-state index contributed by atoms with van der Waals surface area (Å²) in [6.45, 7) is 1.99. The number of carboxylic acids is 1. The fourth-order valence-electron chi connectivity index (χ4n) is 1.79. The predicted molar refractivity (Wildman–Crippen MR) is 82.6 cm³/mol. The number of nitrogens with one attached hydrogen (secondary N) is 1. The van der Waals surface area contributed by atoms with Gasteiger partial charge in [0.1, 0.15) is 0 Å². The molecule has 0 saturated carbocycles. The van der Waals surface area contributed by atoms with E-state index in [1.807, 2.05) is 25.1 Å². The molecule has 1 heterocycles. The number of nitrogens with zero attached hydrogens (tertiary/aromatic N) is 1. The molecule has 2 N–H and O–H groups in total. The fourth-order valence-corrected chi connectivity index (χ4v) is 2.50. The number of amides is 1. The van der Waals surface area contributed by atoms with Gasteiger partial charge in [0, 0.05) is 22.7 Å². The Labute approximate surface area is 126 Å². The van der Waals surface area contributed by atoms with E-state index < -0.39 is 5.97 Å². The first kappa shape index (κ1) is 14.9. The highest BCUT2D eigenvalue weighted by molar-refractivity contribution is 7.16. The van der Waals surface area contributed by atoms with Crippen molar-refractivity contribution < 1.29 is 14.7 Å². The van der Waals surface area contributed by atoms with Crippen molar-refractivity contribution in [2.24, 2.45) is 0 Å². The maximum atomic E-state index is 12.2. The monoisotopic (exact) mass is 302 g/mol. The first-order valence-electron chi connectivity index (χ1n) is 6.36. The third-order valence-corrected chi connectivity index (χ3v) is 3.66. The van der Waals surface area contributed by atoms with Crippen LogP contribution in [0, 0.1) is 0 Å². The van der Waals surface area contributed by atoms with Crippen molar-refractivity contribution in [1.29, 1.82) is 0 Å². The maximum Gasteiger partial charge on any atom is 0.328 e. The van der Waals surface area contributed by atoms with Crippen LogP contribution in [0.25, 0.3) is 6.08 Å². The molecule has 0 unspecified atom stereocenters. The van der Waals surface area contributed by atoms with Crippen LogP contribution in [-0.2, 0) is 11.2 Å². The molecular weight excluding hydrogens is 288 g/mol. The molecule has 0 radical (unpaired) electrons. The summed E-state index contributed by atoms with van der Waals surface area (Å²) in [5, 5.41) is 11.7. The molecule has 1 aromatic carbocycles. The number of anilines is 1. The van der Waals surface area contributed by atoms with Crippen LogP contribution in [0.1, 0.15) is 27.7 Å². The number of aliphatic carboxylic acids is 1. The molecule has 2 aromatic rings. The first-order valence-corrected chi connectivity index (χ1v) is 7.18. The summed E-state index contributed by atoms with van der Waals surface area (Å²) in [5.74, 6) is -1.23. The number of hydrogen-bond acceptors (Lipinski definition) is 4. The zero-order chi connectivity index (χ0) is 15.2. The average molecular weight is 302 g/mol. The number of carboxylic acid groups (broad SMARTS) is 1. The van der Waals surface area contributed by atoms with Gasteiger partial charge in [0.2, 0.25) is 0 Å². The van der Waals surface area contributed by atoms with Gasteiger partial charge >= 0.3 is 5.97 Å². The number of benzene rings is 1. The van der Waals surface area contributed by atoms with Crippen LogP contribution in [0.5, 0.6) is 0 Å². The number of rotatable bonds is 5. The number of hydrogen-bond donors (Lipinski definition) is 2. The minimum Gasteiger partial charge on any atom is -0.478 e. The van der Waals surface area contributed by atoms with Gasteiger partial charge < -0.3 is 5.11 Å². The van der Waals surface area contributed by atoms with Crippen molar-refractivity contribution in [3.63, 3.8) is 0 Å². The Balaban J connectivity index is 2.11. The van der Waals surface area contributed by atoms with Gasteiger partial charge in [-0.3, -0.25) is 10.1 Å². The second-order valence-electron chi connectivity index (χ2n) is 4.20. The molecule has 5 nitrogen and oxygen atoms in total. The second kappa shape index (κ2) is 6.81. The summed E-state index contributed by atoms with van der Waals surface area (Å²) < 4.78 is 0. The largest absolute Gasteiger partial charge is 0.478 e. The van der Waals surface area contributed by atoms with Gasteiger partial charge in [0.15, 0.2) is 5.13 Å². The Hall–Kier alpha value is -2.47. The van der Waals surface area contributed by atoms with E-state index in [1.165, 1.54) is 23.6 Å². The van der Waals surface area contributed by atoms with Crippen LogP contribution in [-0.4, -0.2) is 22.0 Å². The SMILES string of the molecule is CCc1ccccc1C(=O)Nc1ncc(/C=C/C(=O)O)s1. The van der Waals surface area contributed by atoms with E-state index in [1.54, 1.807) is 6.07 Å². The van der Waals surface area contributed by atoms with E-state index in [9.17, 15) is 9.59 Å². The Bertz CT molecular complexity index is 692. The number of carbonyl (C=O) groups is 2. The fraction of sp³-hybridized carbons (Fsp3) is 0.133. The zero-order valence-electron chi connectivity index (χ0n) is 11.4. The summed E-state index contributed by atoms with van der Waals surface area (Å²) in [6, 6.07) is 7.40. The highest BCUT2D eigenvalue weighted by Crippen LogP contribution is 2.20. The lowest BCUT2D eigenvalue weighted by atomic mass is 10.1. The quantitative estimate of drug-likeness (QED) is 0.832. The molecule has 2 rings (SSSR count). The third-order valence-electron chi connectivity index (χ3n) is 2.78. The van der Waals surface area contributed by atoms with Crippen LogP contribution < -0.4 is 5.32 Å². The van der Waals surface area contributed by atoms with Crippen molar-refractivity contribution in [1.82, 2.24) is 4.98 Å². The number of thiazole rings is 1. The van der Waals surface area contributed by atoms with Crippen LogP contribution in [0.3, 0.4) is 0 Å². The van der Waals surface area contributed by atoms with Crippen LogP contribution in [0.4, 0.5) is 5.13 Å². The van der Waals surface area contributed by atoms with E-state index in [-0.39, 0.29) is 5.91 Å². The topological polar surface area (TPSA) is 79.3 Å². The first-order chi connectivity index (χ1) is 10.1. The normalized spacial score (nSPS) is 10.7. The van der Waals surface area contributed by atoms with Crippen molar-refractivity contribution in [2.75, 3.05) is 5.32 Å². The maximum absolute atomic E-state index is 12.2. The number of carbonyl (C=O) groups excluding carboxylic acids is 1. The van der Waals surface area contributed by atoms with Gasteiger partial charge in [-0.1, -0.05) is 36.5 Å². The Morgan fingerprint density at radius 1 is 1.38 bits per heavy atom. The van der Waals surface area contributed by atoms with Crippen LogP contribution >= 0.6 is 11.3 Å². The summed E-state index contributed by atoms with van der Waals surface area (Å²) in [4.78, 5) is 27.4. The highest BCUT2D eigenvalue weighted by atomic mass is 32.1. The standard InChI is InChI=1S/C15H14N2O3S/c1-2-10-5-3-4-6-12(10)14(20)17-15-16-9-11(21-15)7-8-13(18)19/h3-9H,2H2,1H3,(H,18,19)(H,16,17,20)/b8-7+. The molecule has 0 aliphatic rings. The lowest BCUT2D eigenvalue weighted by molar-refractivity contribution is -0.131. The summed E-state index contributed by atoms with van der Waals surface area (Å²) in [7, 11) is 0. The number of aryl methyl sites for hydroxylation is 1. The van der Waals surface area contributed by atoms with Gasteiger partial charge in [0.25, 0.3) is 5.91 Å². The molecule has 0 atom stereocenters. The summed E-state index contributed by atoms with van der Waals surface area (Å²) in [6.07, 6.45) is 4.76. The molecule has 0 saturated heterocycles. The molecule has 0 fully saturated rings. The van der Waals surface area contributed by atoms with Gasteiger partial charge in [-0.2, -0.15) is 0 Å². The Kier molecular flexibility index (Phi) is 4.84. The van der Waals surface area contributed by atoms with Gasteiger partial charge in [-0.25, -0.2) is 9.78 Å². The molecule has 0 spiro atoms. The minimum absolute atomic E-state index is 0.212. The van der Waals surface area contributed by atoms with Gasteiger partial charge in [-0.05, 0) is 24.1 Å². The van der Waals surface area contributed by atoms with E-state index in [2.05, 4.69) is 10.3 Å². The molecule has 6 heteroatoms. The van der Waals surface area contributed by atoms with E-state index in [4.69, 9.17) is 5.11 Å². The zero-order valence-corrected chi connectivity index (χ0v) is 12.2. The van der Waals surface area contributed by atoms with Crippen LogP contribution in [0.2, 0.25) is 0 Å². The van der Waals surface area contributed by atoms with Crippen molar-refractivity contribution in [3.05, 3.63) is 52.5 Å². The Morgan fingerprint density at radius 3 is 2.86 bits per heavy atom. The van der Waals surface area contributed by atoms with Crippen molar-refractivity contribution >= 4 is 34.4 Å². The molecular formula is C15H14N2O3S. The Morgan fingerprint density at radius 2 is 2.14 bits per heavy atom. The van der Waals surface area contributed by atoms with Crippen molar-refractivity contribution in [2.45, 2.75) is 13.3 Å². The summed E-state index contributed by atoms with van der Waals surface area (Å²) >= 11 is 1.22. The minimum atomic E-state index is -1.02. The molecule has 1 amide bonds. The number of aromatic nitrogens is 1. The molecule has 108 valence electrons. The van der Waals surface area contributed by atoms with E-state index in [0.717, 1.165) is 18.1 Å². The molecule has 0 aliphatic carbocycles. The molecule has 0 aliphatic heterocycles. The van der Waals surface area contributed by atoms with E-state index in [0.29, 0.717) is 15.6 Å². The predicted octanol–water partition coefficient (Wildman–Crippen LogP) is 3.06. The lowest BCUT2D eigenvalue weighted by Crippen LogP contribution is -2.13. The van der Waals surface area contributed by atoms with E-state index >= 15 is 0 Å². The third kappa shape index (κ3) is 4.00.